The first-order chi connectivity index (χ1) is 5.29. The van der Waals surface area contributed by atoms with E-state index in [-0.39, 0.29) is 12.1 Å². The second kappa shape index (κ2) is 3.85. The number of ether oxygens (including phenoxy) is 1. The van der Waals surface area contributed by atoms with Crippen molar-refractivity contribution in [2.75, 3.05) is 6.61 Å². The van der Waals surface area contributed by atoms with E-state index in [1.807, 2.05) is 0 Å². The Morgan fingerprint density at radius 2 is 2.55 bits per heavy atom. The largest absolute Gasteiger partial charge is 0.376 e. The molecule has 1 aliphatic heterocycles. The molecule has 0 aromatic carbocycles. The average Bonchev–Trinajstić information content (AvgIpc) is 2.40. The molecule has 0 saturated carbocycles. The van der Waals surface area contributed by atoms with Crippen LogP contribution in [-0.2, 0) is 4.74 Å². The molecule has 0 aromatic rings. The Bertz CT molecular complexity index is 138. The van der Waals surface area contributed by atoms with Gasteiger partial charge in [0.25, 0.3) is 0 Å². The Balaban J connectivity index is 2.49. The zero-order chi connectivity index (χ0) is 8.27. The quantitative estimate of drug-likeness (QED) is 0.354. The van der Waals surface area contributed by atoms with Crippen LogP contribution >= 0.6 is 0 Å². The lowest BCUT2D eigenvalue weighted by molar-refractivity contribution is 0.0744. The molecule has 3 heteroatoms. The van der Waals surface area contributed by atoms with Gasteiger partial charge in [-0.25, -0.2) is 0 Å². The minimum absolute atomic E-state index is 0.0903. The molecule has 3 nitrogen and oxygen atoms in total. The molecule has 64 valence electrons. The van der Waals surface area contributed by atoms with Crippen LogP contribution in [-0.4, -0.2) is 18.8 Å². The highest BCUT2D eigenvalue weighted by atomic mass is 16.5. The van der Waals surface area contributed by atoms with Crippen molar-refractivity contribution in [3.63, 3.8) is 0 Å². The van der Waals surface area contributed by atoms with E-state index < -0.39 is 0 Å². The highest BCUT2D eigenvalue weighted by molar-refractivity contribution is 4.94. The van der Waals surface area contributed by atoms with Crippen molar-refractivity contribution in [1.82, 2.24) is 5.43 Å². The smallest absolute Gasteiger partial charge is 0.0802 e. The molecule has 1 heterocycles. The summed E-state index contributed by atoms with van der Waals surface area (Å²) in [6, 6.07) is 0.0903. The summed E-state index contributed by atoms with van der Waals surface area (Å²) in [7, 11) is 0. The Hall–Kier alpha value is -0.380. The molecule has 1 fully saturated rings. The summed E-state index contributed by atoms with van der Waals surface area (Å²) in [4.78, 5) is 0. The van der Waals surface area contributed by atoms with Crippen LogP contribution in [0.2, 0.25) is 0 Å². The first-order valence-electron chi connectivity index (χ1n) is 4.00. The molecule has 1 aliphatic rings. The van der Waals surface area contributed by atoms with Gasteiger partial charge in [0.1, 0.15) is 0 Å². The number of hydrogen-bond acceptors (Lipinski definition) is 3. The topological polar surface area (TPSA) is 47.3 Å². The van der Waals surface area contributed by atoms with Crippen molar-refractivity contribution in [2.24, 2.45) is 11.8 Å². The van der Waals surface area contributed by atoms with Gasteiger partial charge in [0.2, 0.25) is 0 Å². The third-order valence-electron chi connectivity index (χ3n) is 2.24. The van der Waals surface area contributed by atoms with Gasteiger partial charge in [-0.15, -0.1) is 6.58 Å². The van der Waals surface area contributed by atoms with Crippen LogP contribution in [0.5, 0.6) is 0 Å². The van der Waals surface area contributed by atoms with Crippen LogP contribution in [0.15, 0.2) is 12.7 Å². The molecule has 0 aromatic heterocycles. The Morgan fingerprint density at radius 1 is 1.82 bits per heavy atom. The molecule has 3 atom stereocenters. The molecule has 11 heavy (non-hydrogen) atoms. The summed E-state index contributed by atoms with van der Waals surface area (Å²) in [6.07, 6.45) is 3.13. The summed E-state index contributed by atoms with van der Waals surface area (Å²) >= 11 is 0. The molecule has 0 aliphatic carbocycles. The summed E-state index contributed by atoms with van der Waals surface area (Å²) in [6.45, 7) is 6.71. The fourth-order valence-corrected chi connectivity index (χ4v) is 1.47. The average molecular weight is 156 g/mol. The minimum atomic E-state index is 0.0903. The summed E-state index contributed by atoms with van der Waals surface area (Å²) in [5, 5.41) is 0. The van der Waals surface area contributed by atoms with E-state index in [9.17, 15) is 0 Å². The van der Waals surface area contributed by atoms with Crippen LogP contribution in [0, 0.1) is 5.92 Å². The molecular weight excluding hydrogens is 140 g/mol. The highest BCUT2D eigenvalue weighted by Crippen LogP contribution is 2.22. The van der Waals surface area contributed by atoms with Crippen LogP contribution < -0.4 is 11.3 Å². The zero-order valence-corrected chi connectivity index (χ0v) is 6.92. The molecule has 3 N–H and O–H groups in total. The van der Waals surface area contributed by atoms with E-state index in [2.05, 4.69) is 18.9 Å². The Morgan fingerprint density at radius 3 is 2.91 bits per heavy atom. The molecule has 1 saturated heterocycles. The maximum Gasteiger partial charge on any atom is 0.0802 e. The maximum absolute atomic E-state index is 5.50. The van der Waals surface area contributed by atoms with E-state index in [1.165, 1.54) is 0 Å². The van der Waals surface area contributed by atoms with Crippen molar-refractivity contribution in [2.45, 2.75) is 25.5 Å². The lowest BCUT2D eigenvalue weighted by Gasteiger charge is -2.21. The molecule has 3 unspecified atom stereocenters. The monoisotopic (exact) mass is 156 g/mol. The van der Waals surface area contributed by atoms with Gasteiger partial charge in [-0.3, -0.25) is 11.3 Å². The first kappa shape index (κ1) is 8.71. The Kier molecular flexibility index (Phi) is 3.05. The normalized spacial score (nSPS) is 33.6. The summed E-state index contributed by atoms with van der Waals surface area (Å²) in [5.41, 5.74) is 2.68. The van der Waals surface area contributed by atoms with E-state index in [0.717, 1.165) is 13.0 Å². The summed E-state index contributed by atoms with van der Waals surface area (Å²) in [5.74, 6) is 5.90. The Labute approximate surface area is 67.6 Å². The lowest BCUT2D eigenvalue weighted by Crippen LogP contribution is -2.44. The predicted molar refractivity (Wildman–Crippen MR) is 44.8 cm³/mol. The van der Waals surface area contributed by atoms with E-state index >= 15 is 0 Å². The number of hydrazine groups is 1. The first-order valence-corrected chi connectivity index (χ1v) is 4.00. The van der Waals surface area contributed by atoms with Gasteiger partial charge in [0.15, 0.2) is 0 Å². The van der Waals surface area contributed by atoms with Crippen molar-refractivity contribution in [3.8, 4) is 0 Å². The van der Waals surface area contributed by atoms with Gasteiger partial charge in [0.05, 0.1) is 12.1 Å². The SMILES string of the molecule is C=CC(NN)C1OCCC1C. The molecule has 0 radical (unpaired) electrons. The third kappa shape index (κ3) is 1.80. The van der Waals surface area contributed by atoms with Crippen LogP contribution in [0.4, 0.5) is 0 Å². The second-order valence-corrected chi connectivity index (χ2v) is 3.03. The number of nitrogens with one attached hydrogen (secondary N) is 1. The molecule has 0 spiro atoms. The van der Waals surface area contributed by atoms with Gasteiger partial charge in [0, 0.05) is 6.61 Å². The lowest BCUT2D eigenvalue weighted by atomic mass is 9.98. The summed E-state index contributed by atoms with van der Waals surface area (Å²) < 4.78 is 5.50. The molecule has 0 amide bonds. The minimum Gasteiger partial charge on any atom is -0.376 e. The van der Waals surface area contributed by atoms with E-state index in [4.69, 9.17) is 10.6 Å². The van der Waals surface area contributed by atoms with Crippen molar-refractivity contribution < 1.29 is 4.74 Å². The highest BCUT2D eigenvalue weighted by Gasteiger charge is 2.29. The zero-order valence-electron chi connectivity index (χ0n) is 6.92. The fourth-order valence-electron chi connectivity index (χ4n) is 1.47. The van der Waals surface area contributed by atoms with Gasteiger partial charge >= 0.3 is 0 Å². The number of hydrogen-bond donors (Lipinski definition) is 2. The molecule has 1 rings (SSSR count). The second-order valence-electron chi connectivity index (χ2n) is 3.03. The fraction of sp³-hybridized carbons (Fsp3) is 0.750. The van der Waals surface area contributed by atoms with Gasteiger partial charge in [-0.1, -0.05) is 13.0 Å². The third-order valence-corrected chi connectivity index (χ3v) is 2.24. The van der Waals surface area contributed by atoms with Gasteiger partial charge in [-0.2, -0.15) is 0 Å². The van der Waals surface area contributed by atoms with Gasteiger partial charge in [-0.05, 0) is 12.3 Å². The van der Waals surface area contributed by atoms with Crippen LogP contribution in [0.1, 0.15) is 13.3 Å². The van der Waals surface area contributed by atoms with E-state index in [1.54, 1.807) is 6.08 Å². The van der Waals surface area contributed by atoms with Crippen molar-refractivity contribution >= 4 is 0 Å². The van der Waals surface area contributed by atoms with Crippen LogP contribution in [0.25, 0.3) is 0 Å². The predicted octanol–water partition coefficient (Wildman–Crippen LogP) is 0.429. The van der Waals surface area contributed by atoms with E-state index in [0.29, 0.717) is 5.92 Å². The van der Waals surface area contributed by atoms with Crippen LogP contribution in [0.3, 0.4) is 0 Å². The molecular formula is C8H16N2O. The van der Waals surface area contributed by atoms with Gasteiger partial charge < -0.3 is 4.74 Å². The number of nitrogens with two attached hydrogens (primary N) is 1. The maximum atomic E-state index is 5.50. The van der Waals surface area contributed by atoms with Crippen molar-refractivity contribution in [1.29, 1.82) is 0 Å². The molecule has 0 bridgehead atoms. The van der Waals surface area contributed by atoms with Crippen molar-refractivity contribution in [3.05, 3.63) is 12.7 Å². The number of rotatable bonds is 3. The standard InChI is InChI=1S/C8H16N2O/c1-3-7(10-9)8-6(2)4-5-11-8/h3,6-8,10H,1,4-5,9H2,2H3.